The number of benzene rings is 1. The molecule has 1 heterocycles. The normalized spacial score (nSPS) is 10.2. The monoisotopic (exact) mass is 296 g/mol. The van der Waals surface area contributed by atoms with Crippen LogP contribution in [0.4, 0.5) is 10.1 Å². The Balaban J connectivity index is 2.29. The number of rotatable bonds is 3. The highest BCUT2D eigenvalue weighted by atomic mass is 35.5. The smallest absolute Gasteiger partial charge is 0.340 e. The largest absolute Gasteiger partial charge is 0.465 e. The summed E-state index contributed by atoms with van der Waals surface area (Å²) < 4.78 is 23.2. The van der Waals surface area contributed by atoms with Gasteiger partial charge in [-0.25, -0.2) is 14.2 Å². The van der Waals surface area contributed by atoms with Gasteiger partial charge in [0.25, 0.3) is 0 Å². The molecule has 0 aliphatic heterocycles. The molecule has 0 bridgehead atoms. The Labute approximate surface area is 119 Å². The van der Waals surface area contributed by atoms with Gasteiger partial charge < -0.3 is 15.2 Å². The van der Waals surface area contributed by atoms with Gasteiger partial charge >= 0.3 is 5.97 Å². The van der Waals surface area contributed by atoms with Crippen molar-refractivity contribution in [1.29, 1.82) is 0 Å². The molecule has 0 aliphatic carbocycles. The predicted octanol–water partition coefficient (Wildman–Crippen LogP) is 3.04. The van der Waals surface area contributed by atoms with E-state index in [0.29, 0.717) is 0 Å². The summed E-state index contributed by atoms with van der Waals surface area (Å²) in [7, 11) is 1.23. The molecule has 0 unspecified atom stereocenters. The van der Waals surface area contributed by atoms with Crippen molar-refractivity contribution in [3.8, 4) is 11.6 Å². The second-order valence-corrected chi connectivity index (χ2v) is 4.19. The number of anilines is 1. The number of aromatic nitrogens is 1. The van der Waals surface area contributed by atoms with Gasteiger partial charge in [0, 0.05) is 12.1 Å². The van der Waals surface area contributed by atoms with E-state index >= 15 is 0 Å². The lowest BCUT2D eigenvalue weighted by Crippen LogP contribution is -2.06. The maximum absolute atomic E-state index is 13.3. The van der Waals surface area contributed by atoms with Gasteiger partial charge in [-0.05, 0) is 12.1 Å². The van der Waals surface area contributed by atoms with E-state index < -0.39 is 11.8 Å². The van der Waals surface area contributed by atoms with Crippen molar-refractivity contribution in [1.82, 2.24) is 4.98 Å². The number of hydrogen-bond donors (Lipinski definition) is 1. The average molecular weight is 297 g/mol. The molecule has 2 N–H and O–H groups in total. The lowest BCUT2D eigenvalue weighted by molar-refractivity contribution is 0.0601. The van der Waals surface area contributed by atoms with E-state index in [4.69, 9.17) is 22.1 Å². The van der Waals surface area contributed by atoms with Crippen molar-refractivity contribution >= 4 is 23.3 Å². The fraction of sp³-hybridized carbons (Fsp3) is 0.0769. The SMILES string of the molecule is COC(=O)c1cc(Oc2ccc(Cl)c(F)c2)ncc1N. The molecule has 0 radical (unpaired) electrons. The minimum atomic E-state index is -0.618. The first kappa shape index (κ1) is 14.1. The van der Waals surface area contributed by atoms with Crippen molar-refractivity contribution in [3.63, 3.8) is 0 Å². The Morgan fingerprint density at radius 2 is 2.15 bits per heavy atom. The van der Waals surface area contributed by atoms with Crippen molar-refractivity contribution in [2.24, 2.45) is 0 Å². The quantitative estimate of drug-likeness (QED) is 0.881. The third-order valence-electron chi connectivity index (χ3n) is 2.43. The van der Waals surface area contributed by atoms with Crippen LogP contribution in [-0.4, -0.2) is 18.1 Å². The van der Waals surface area contributed by atoms with Crippen LogP contribution in [0.2, 0.25) is 5.02 Å². The van der Waals surface area contributed by atoms with E-state index in [2.05, 4.69) is 9.72 Å². The number of carbonyl (C=O) groups is 1. The van der Waals surface area contributed by atoms with Crippen molar-refractivity contribution in [2.45, 2.75) is 0 Å². The van der Waals surface area contributed by atoms with Gasteiger partial charge in [0.1, 0.15) is 11.6 Å². The lowest BCUT2D eigenvalue weighted by atomic mass is 10.2. The number of halogens is 2. The molecule has 1 aromatic carbocycles. The Morgan fingerprint density at radius 1 is 1.40 bits per heavy atom. The van der Waals surface area contributed by atoms with Crippen LogP contribution < -0.4 is 10.5 Å². The van der Waals surface area contributed by atoms with Crippen LogP contribution in [0.5, 0.6) is 11.6 Å². The average Bonchev–Trinajstić information content (AvgIpc) is 2.44. The van der Waals surface area contributed by atoms with Crippen LogP contribution in [0.3, 0.4) is 0 Å². The third kappa shape index (κ3) is 2.97. The molecule has 104 valence electrons. The zero-order valence-electron chi connectivity index (χ0n) is 10.4. The maximum Gasteiger partial charge on any atom is 0.340 e. The van der Waals surface area contributed by atoms with Gasteiger partial charge in [-0.15, -0.1) is 0 Å². The van der Waals surface area contributed by atoms with Crippen LogP contribution in [0.1, 0.15) is 10.4 Å². The van der Waals surface area contributed by atoms with Crippen LogP contribution in [0.25, 0.3) is 0 Å². The van der Waals surface area contributed by atoms with Crippen molar-refractivity contribution < 1.29 is 18.7 Å². The molecular formula is C13H10ClFN2O3. The molecule has 7 heteroatoms. The summed E-state index contributed by atoms with van der Waals surface area (Å²) in [5, 5.41) is -0.0159. The minimum absolute atomic E-state index is 0.0159. The van der Waals surface area contributed by atoms with Crippen molar-refractivity contribution in [2.75, 3.05) is 12.8 Å². The Kier molecular flexibility index (Phi) is 4.05. The standard InChI is InChI=1S/C13H10ClFN2O3/c1-19-13(18)8-5-12(17-6-11(8)16)20-7-2-3-9(14)10(15)4-7/h2-6H,16H2,1H3. The topological polar surface area (TPSA) is 74.4 Å². The molecule has 2 rings (SSSR count). The van der Waals surface area contributed by atoms with E-state index in [1.807, 2.05) is 0 Å². The zero-order chi connectivity index (χ0) is 14.7. The first-order chi connectivity index (χ1) is 9.51. The van der Waals surface area contributed by atoms with Crippen LogP contribution in [0.15, 0.2) is 30.5 Å². The van der Waals surface area contributed by atoms with E-state index in [9.17, 15) is 9.18 Å². The van der Waals surface area contributed by atoms with Gasteiger partial charge in [0.2, 0.25) is 5.88 Å². The molecular weight excluding hydrogens is 287 g/mol. The molecule has 0 atom stereocenters. The van der Waals surface area contributed by atoms with E-state index in [0.717, 1.165) is 6.07 Å². The molecule has 0 aliphatic rings. The third-order valence-corrected chi connectivity index (χ3v) is 2.74. The Hall–Kier alpha value is -2.34. The molecule has 5 nitrogen and oxygen atoms in total. The molecule has 0 amide bonds. The summed E-state index contributed by atoms with van der Waals surface area (Å²) in [5.74, 6) is -0.953. The first-order valence-corrected chi connectivity index (χ1v) is 5.86. The first-order valence-electron chi connectivity index (χ1n) is 5.48. The highest BCUT2D eigenvalue weighted by Gasteiger charge is 2.13. The fourth-order valence-electron chi connectivity index (χ4n) is 1.45. The van der Waals surface area contributed by atoms with Crippen LogP contribution >= 0.6 is 11.6 Å². The minimum Gasteiger partial charge on any atom is -0.465 e. The number of pyridine rings is 1. The van der Waals surface area contributed by atoms with Gasteiger partial charge in [0.15, 0.2) is 0 Å². The highest BCUT2D eigenvalue weighted by molar-refractivity contribution is 6.30. The van der Waals surface area contributed by atoms with Gasteiger partial charge in [-0.2, -0.15) is 0 Å². The molecule has 0 saturated carbocycles. The molecule has 0 saturated heterocycles. The number of ether oxygens (including phenoxy) is 2. The lowest BCUT2D eigenvalue weighted by Gasteiger charge is -2.08. The maximum atomic E-state index is 13.3. The van der Waals surface area contributed by atoms with E-state index in [1.165, 1.54) is 31.5 Å². The second kappa shape index (κ2) is 5.75. The summed E-state index contributed by atoms with van der Waals surface area (Å²) in [6.07, 6.45) is 1.26. The van der Waals surface area contributed by atoms with Crippen LogP contribution in [-0.2, 0) is 4.74 Å². The summed E-state index contributed by atoms with van der Waals surface area (Å²) in [5.41, 5.74) is 5.88. The molecule has 0 fully saturated rings. The Morgan fingerprint density at radius 3 is 2.80 bits per heavy atom. The molecule has 1 aromatic heterocycles. The molecule has 2 aromatic rings. The molecule has 20 heavy (non-hydrogen) atoms. The number of nitrogen functional groups attached to an aromatic ring is 1. The summed E-state index contributed by atoms with van der Waals surface area (Å²) in [6.45, 7) is 0. The highest BCUT2D eigenvalue weighted by Crippen LogP contribution is 2.26. The summed E-state index contributed by atoms with van der Waals surface area (Å²) in [4.78, 5) is 15.4. The number of esters is 1. The number of nitrogens with two attached hydrogens (primary N) is 1. The van der Waals surface area contributed by atoms with Gasteiger partial charge in [-0.1, -0.05) is 11.6 Å². The van der Waals surface area contributed by atoms with Gasteiger partial charge in [-0.3, -0.25) is 0 Å². The number of hydrogen-bond acceptors (Lipinski definition) is 5. The van der Waals surface area contributed by atoms with Crippen molar-refractivity contribution in [3.05, 3.63) is 46.9 Å². The summed E-state index contributed by atoms with van der Waals surface area (Å²) >= 11 is 5.57. The summed E-state index contributed by atoms with van der Waals surface area (Å²) in [6, 6.07) is 5.25. The fourth-order valence-corrected chi connectivity index (χ4v) is 1.57. The predicted molar refractivity (Wildman–Crippen MR) is 71.5 cm³/mol. The number of carbonyl (C=O) groups excluding carboxylic acids is 1. The molecule has 0 spiro atoms. The number of methoxy groups -OCH3 is 1. The Bertz CT molecular complexity index is 664. The van der Waals surface area contributed by atoms with E-state index in [1.54, 1.807) is 0 Å². The van der Waals surface area contributed by atoms with Crippen LogP contribution in [0, 0.1) is 5.82 Å². The zero-order valence-corrected chi connectivity index (χ0v) is 11.1. The van der Waals surface area contributed by atoms with E-state index in [-0.39, 0.29) is 27.9 Å². The van der Waals surface area contributed by atoms with Gasteiger partial charge in [0.05, 0.1) is 29.6 Å². The second-order valence-electron chi connectivity index (χ2n) is 3.78. The number of nitrogens with zero attached hydrogens (tertiary/aromatic N) is 1.